The van der Waals surface area contributed by atoms with Crippen LogP contribution in [0.1, 0.15) is 0 Å². The molecule has 0 unspecified atom stereocenters. The molecular weight excluding hydrogens is 1090 g/mol. The van der Waals surface area contributed by atoms with Gasteiger partial charge in [0.25, 0.3) is 0 Å². The minimum Gasteiger partial charge on any atom is -0.652 e. The zero-order chi connectivity index (χ0) is 37.8. The second kappa shape index (κ2) is 214. The predicted octanol–water partition coefficient (Wildman–Crippen LogP) is -85.6. The van der Waals surface area contributed by atoms with Gasteiger partial charge < -0.3 is 150 Å². The van der Waals surface area contributed by atoms with E-state index in [0.717, 1.165) is 0 Å². The Hall–Kier alpha value is 12.6. The van der Waals surface area contributed by atoms with E-state index in [1.54, 1.807) is 0 Å². The molecule has 0 radical (unpaired) electrons. The van der Waals surface area contributed by atoms with Crippen molar-refractivity contribution >= 4 is 61.6 Å². The molecule has 0 aliphatic heterocycles. The van der Waals surface area contributed by atoms with Crippen molar-refractivity contribution in [1.29, 1.82) is 0 Å². The van der Waals surface area contributed by atoms with Gasteiger partial charge in [-0.05, 0) is 61.6 Å². The number of hydrogen-bond donors (Lipinski definition) is 2. The summed E-state index contributed by atoms with van der Waals surface area (Å²) in [4.78, 5) is 83.3. The van der Waals surface area contributed by atoms with Crippen LogP contribution in [0.2, 0.25) is 0 Å². The molecule has 4 N–H and O–H groups in total. The molecule has 0 aromatic heterocycles. The average Bonchev–Trinajstić information content (AvgIpc) is 2.57. The van der Waals surface area contributed by atoms with Gasteiger partial charge in [-0.3, -0.25) is 11.7 Å². The molecule has 52 heteroatoms. The SMILES string of the molecule is NN.O=C([O-])[O-].O=C([O-])[O-].O=C([O-])[O-].O=C([O-])[O-].O=C([O-])[O-].O=C([O-])[O-].O=C([O-])[O-].O=C([O-])[O-].O=C([O-])[O-].O=C([O-])[O-].[Na+].[Na+].[Na+].[Na+].[Na+].[Na+].[Na+].[Na+].[Na+].[Na+].[Na+].[Na+].[Na+].[Na+].[Na+].[Na+].[Na+].[Na+].[Na+].[Na+]. The van der Waals surface area contributed by atoms with Crippen LogP contribution in [0.3, 0.4) is 0 Å². The Morgan fingerprint density at radius 1 is 0.145 bits per heavy atom. The summed E-state index contributed by atoms with van der Waals surface area (Å²) in [5, 5.41) is 167. The van der Waals surface area contributed by atoms with Gasteiger partial charge in [0.15, 0.2) is 0 Å². The minimum atomic E-state index is -2.33. The molecule has 0 amide bonds. The van der Waals surface area contributed by atoms with Crippen molar-refractivity contribution in [2.24, 2.45) is 11.7 Å². The normalized spacial score (nSPS) is 3.97. The first-order valence-corrected chi connectivity index (χ1v) is 6.46. The molecule has 0 heterocycles. The maximum atomic E-state index is 8.33. The number of hydrogen-bond acceptors (Lipinski definition) is 32. The van der Waals surface area contributed by atoms with Crippen molar-refractivity contribution in [1.82, 2.24) is 0 Å². The summed E-state index contributed by atoms with van der Waals surface area (Å²) in [6.45, 7) is 0. The zero-order valence-corrected chi connectivity index (χ0v) is 78.4. The van der Waals surface area contributed by atoms with Crippen molar-refractivity contribution in [3.8, 4) is 0 Å². The molecule has 0 atom stereocenters. The van der Waals surface area contributed by atoms with Crippen molar-refractivity contribution < 1.29 is 741 Å². The van der Waals surface area contributed by atoms with Crippen LogP contribution in [-0.2, 0) is 0 Å². The minimum absolute atomic E-state index is 0. The van der Waals surface area contributed by atoms with Crippen LogP contribution in [0.4, 0.5) is 47.9 Å². The summed E-state index contributed by atoms with van der Waals surface area (Å²) in [6, 6.07) is 0. The second-order valence-corrected chi connectivity index (χ2v) is 2.50. The Kier molecular flexibility index (Phi) is 733. The maximum absolute atomic E-state index is 8.33. The first-order chi connectivity index (χ1) is 18.3. The summed E-state index contributed by atoms with van der Waals surface area (Å²) >= 11 is 0. The van der Waals surface area contributed by atoms with Crippen LogP contribution < -0.4 is 705 Å². The molecule has 0 saturated carbocycles. The van der Waals surface area contributed by atoms with Gasteiger partial charge in [0.05, 0.1) is 0 Å². The standard InChI is InChI=1S/10CH2O3.H4N2.20Na/c10*2-1(3)4;1-2;;;;;;;;;;;;;;;;;;;;/h10*(H2,2,3,4);1-2H2;;;;;;;;;;;;;;;;;;;;/q;;;;;;;;;;;20*+1/p-20. The first-order valence-electron chi connectivity index (χ1n) is 6.46. The van der Waals surface area contributed by atoms with E-state index in [9.17, 15) is 0 Å². The fourth-order valence-corrected chi connectivity index (χ4v) is 0. The Labute approximate surface area is 792 Å². The smallest absolute Gasteiger partial charge is 0.652 e. The topological polar surface area (TPSA) is 684 Å². The van der Waals surface area contributed by atoms with Gasteiger partial charge in [0.2, 0.25) is 0 Å². The third kappa shape index (κ3) is 2340. The molecule has 62 heavy (non-hydrogen) atoms. The van der Waals surface area contributed by atoms with Crippen molar-refractivity contribution in [2.45, 2.75) is 0 Å². The predicted molar refractivity (Wildman–Crippen MR) is 62.3 cm³/mol. The quantitative estimate of drug-likeness (QED) is 0.129. The third-order valence-electron chi connectivity index (χ3n) is 0. The molecular formula is C10H4N2Na20O30. The molecule has 0 aliphatic rings. The fourth-order valence-electron chi connectivity index (χ4n) is 0. The first kappa shape index (κ1) is 213. The van der Waals surface area contributed by atoms with Crippen LogP contribution in [0, 0.1) is 0 Å². The van der Waals surface area contributed by atoms with Gasteiger partial charge in [0, 0.05) is 0 Å². The molecule has 0 saturated heterocycles. The van der Waals surface area contributed by atoms with E-state index in [1.165, 1.54) is 0 Å². The number of carboxylic acid groups (broad SMARTS) is 20. The Morgan fingerprint density at radius 2 is 0.145 bits per heavy atom. The number of carbonyl (C=O) groups excluding carboxylic acids is 10. The number of rotatable bonds is 0. The number of nitrogens with two attached hydrogens (primary N) is 2. The van der Waals surface area contributed by atoms with E-state index in [4.69, 9.17) is 150 Å². The Bertz CT molecular complexity index is 530. The zero-order valence-electron chi connectivity index (χ0n) is 38.4. The van der Waals surface area contributed by atoms with E-state index in [-0.39, 0.29) is 591 Å². The van der Waals surface area contributed by atoms with Crippen LogP contribution in [0.15, 0.2) is 0 Å². The largest absolute Gasteiger partial charge is 1.00 e. The molecule has 0 aromatic carbocycles. The summed E-state index contributed by atoms with van der Waals surface area (Å²) in [5.41, 5.74) is 0. The van der Waals surface area contributed by atoms with E-state index >= 15 is 0 Å². The number of hydrazine groups is 1. The summed E-state index contributed by atoms with van der Waals surface area (Å²) < 4.78 is 0. The monoisotopic (exact) mass is 1090 g/mol. The molecule has 254 valence electrons. The van der Waals surface area contributed by atoms with E-state index in [2.05, 4.69) is 11.7 Å². The Morgan fingerprint density at radius 3 is 0.145 bits per heavy atom. The summed E-state index contributed by atoms with van der Waals surface area (Å²) in [7, 11) is 0. The molecule has 0 aliphatic carbocycles. The van der Waals surface area contributed by atoms with Crippen LogP contribution >= 0.6 is 0 Å². The molecule has 0 bridgehead atoms. The fraction of sp³-hybridized carbons (Fsp3) is 0. The molecule has 0 fully saturated rings. The van der Waals surface area contributed by atoms with Gasteiger partial charge in [-0.25, -0.2) is 0 Å². The van der Waals surface area contributed by atoms with Crippen molar-refractivity contribution in [2.75, 3.05) is 0 Å². The van der Waals surface area contributed by atoms with Crippen molar-refractivity contribution in [3.63, 3.8) is 0 Å². The van der Waals surface area contributed by atoms with Gasteiger partial charge >= 0.3 is 591 Å². The van der Waals surface area contributed by atoms with Crippen molar-refractivity contribution in [3.05, 3.63) is 0 Å². The van der Waals surface area contributed by atoms with Gasteiger partial charge in [-0.1, -0.05) is 0 Å². The molecule has 0 spiro atoms. The summed E-state index contributed by atoms with van der Waals surface area (Å²) in [5.74, 6) is 8.00. The Balaban J connectivity index is -0.00000000571. The maximum Gasteiger partial charge on any atom is 1.00 e. The summed E-state index contributed by atoms with van der Waals surface area (Å²) in [6.07, 6.45) is -23.3. The van der Waals surface area contributed by atoms with Crippen LogP contribution in [0.5, 0.6) is 0 Å². The van der Waals surface area contributed by atoms with Crippen LogP contribution in [-0.4, -0.2) is 61.6 Å². The average molecular weight is 1090 g/mol. The van der Waals surface area contributed by atoms with E-state index < -0.39 is 61.6 Å². The third-order valence-corrected chi connectivity index (χ3v) is 0. The second-order valence-electron chi connectivity index (χ2n) is 2.50. The van der Waals surface area contributed by atoms with E-state index in [0.29, 0.717) is 0 Å². The number of carbonyl (C=O) groups is 10. The van der Waals surface area contributed by atoms with E-state index in [1.807, 2.05) is 0 Å². The van der Waals surface area contributed by atoms with Gasteiger partial charge in [0.1, 0.15) is 0 Å². The van der Waals surface area contributed by atoms with Crippen LogP contribution in [0.25, 0.3) is 0 Å². The van der Waals surface area contributed by atoms with Gasteiger partial charge in [-0.15, -0.1) is 0 Å². The molecule has 0 aromatic rings. The molecule has 0 rings (SSSR count). The molecule has 32 nitrogen and oxygen atoms in total. The van der Waals surface area contributed by atoms with Gasteiger partial charge in [-0.2, -0.15) is 0 Å².